The topological polar surface area (TPSA) is 64.1 Å². The Kier molecular flexibility index (Phi) is 4.67. The molecule has 0 amide bonds. The van der Waals surface area contributed by atoms with Crippen molar-refractivity contribution in [3.8, 4) is 11.6 Å². The van der Waals surface area contributed by atoms with E-state index in [-0.39, 0.29) is 0 Å². The van der Waals surface area contributed by atoms with Gasteiger partial charge in [0.15, 0.2) is 10.9 Å². The molecular formula is C14H19N3O2S. The molecular weight excluding hydrogens is 274 g/mol. The molecule has 0 aliphatic heterocycles. The highest BCUT2D eigenvalue weighted by atomic mass is 32.2. The maximum atomic E-state index is 9.74. The predicted octanol–water partition coefficient (Wildman–Crippen LogP) is 2.98. The molecule has 0 aromatic carbocycles. The molecule has 2 rings (SSSR count). The fraction of sp³-hybridized carbons (Fsp3) is 0.429. The molecule has 0 spiro atoms. The van der Waals surface area contributed by atoms with Gasteiger partial charge in [0, 0.05) is 12.3 Å². The van der Waals surface area contributed by atoms with Crippen molar-refractivity contribution < 1.29 is 9.52 Å². The molecule has 0 fully saturated rings. The van der Waals surface area contributed by atoms with E-state index in [0.29, 0.717) is 24.6 Å². The van der Waals surface area contributed by atoms with Crippen LogP contribution in [0, 0.1) is 0 Å². The van der Waals surface area contributed by atoms with Gasteiger partial charge in [0.1, 0.15) is 0 Å². The standard InChI is InChI=1S/C14H19N3O2S/c1-4-8-17-12(11-6-5-9-19-11)15-16-13(17)20-10-7-14(2,3)18/h4-6,9,18H,1,7-8,10H2,2-3H3. The van der Waals surface area contributed by atoms with Gasteiger partial charge in [0.25, 0.3) is 0 Å². The van der Waals surface area contributed by atoms with Gasteiger partial charge < -0.3 is 9.52 Å². The van der Waals surface area contributed by atoms with Crippen LogP contribution >= 0.6 is 11.8 Å². The highest BCUT2D eigenvalue weighted by molar-refractivity contribution is 7.99. The van der Waals surface area contributed by atoms with E-state index in [1.165, 1.54) is 0 Å². The van der Waals surface area contributed by atoms with Gasteiger partial charge in [-0.1, -0.05) is 17.8 Å². The van der Waals surface area contributed by atoms with Gasteiger partial charge in [-0.3, -0.25) is 4.57 Å². The number of hydrogen-bond donors (Lipinski definition) is 1. The summed E-state index contributed by atoms with van der Waals surface area (Å²) in [4.78, 5) is 0. The summed E-state index contributed by atoms with van der Waals surface area (Å²) in [5.74, 6) is 2.16. The molecule has 0 radical (unpaired) electrons. The number of nitrogens with zero attached hydrogens (tertiary/aromatic N) is 3. The number of thioether (sulfide) groups is 1. The summed E-state index contributed by atoms with van der Waals surface area (Å²) in [5.41, 5.74) is -0.667. The van der Waals surface area contributed by atoms with E-state index in [0.717, 1.165) is 10.9 Å². The third-order valence-electron chi connectivity index (χ3n) is 2.72. The number of furan rings is 1. The third kappa shape index (κ3) is 3.74. The predicted molar refractivity (Wildman–Crippen MR) is 79.6 cm³/mol. The van der Waals surface area contributed by atoms with E-state index in [2.05, 4.69) is 16.8 Å². The van der Waals surface area contributed by atoms with Crippen LogP contribution in [-0.2, 0) is 6.54 Å². The van der Waals surface area contributed by atoms with E-state index in [1.807, 2.05) is 16.7 Å². The summed E-state index contributed by atoms with van der Waals surface area (Å²) in [6.45, 7) is 7.99. The van der Waals surface area contributed by atoms with Crippen molar-refractivity contribution in [2.45, 2.75) is 37.6 Å². The minimum atomic E-state index is -0.667. The molecule has 0 aliphatic rings. The molecule has 0 atom stereocenters. The fourth-order valence-electron chi connectivity index (χ4n) is 1.67. The second-order valence-electron chi connectivity index (χ2n) is 5.09. The number of hydrogen-bond acceptors (Lipinski definition) is 5. The quantitative estimate of drug-likeness (QED) is 0.628. The van der Waals surface area contributed by atoms with Crippen molar-refractivity contribution in [3.05, 3.63) is 31.1 Å². The van der Waals surface area contributed by atoms with Gasteiger partial charge in [-0.05, 0) is 32.4 Å². The first kappa shape index (κ1) is 14.9. The maximum Gasteiger partial charge on any atom is 0.200 e. The lowest BCUT2D eigenvalue weighted by Crippen LogP contribution is -2.19. The van der Waals surface area contributed by atoms with Gasteiger partial charge in [-0.25, -0.2) is 0 Å². The minimum Gasteiger partial charge on any atom is -0.461 e. The lowest BCUT2D eigenvalue weighted by Gasteiger charge is -2.16. The van der Waals surface area contributed by atoms with Crippen LogP contribution in [0.15, 0.2) is 40.6 Å². The van der Waals surface area contributed by atoms with E-state index in [1.54, 1.807) is 37.9 Å². The molecule has 0 saturated heterocycles. The van der Waals surface area contributed by atoms with Crippen molar-refractivity contribution in [3.63, 3.8) is 0 Å². The molecule has 2 aromatic heterocycles. The van der Waals surface area contributed by atoms with Crippen molar-refractivity contribution in [2.24, 2.45) is 0 Å². The summed E-state index contributed by atoms with van der Waals surface area (Å²) in [7, 11) is 0. The molecule has 0 unspecified atom stereocenters. The second kappa shape index (κ2) is 6.28. The molecule has 20 heavy (non-hydrogen) atoms. The minimum absolute atomic E-state index is 0.619. The molecule has 5 nitrogen and oxygen atoms in total. The van der Waals surface area contributed by atoms with Crippen LogP contribution in [0.2, 0.25) is 0 Å². The maximum absolute atomic E-state index is 9.74. The molecule has 6 heteroatoms. The van der Waals surface area contributed by atoms with Crippen molar-refractivity contribution in [1.29, 1.82) is 0 Å². The lowest BCUT2D eigenvalue weighted by molar-refractivity contribution is 0.0777. The first-order valence-corrected chi connectivity index (χ1v) is 7.43. The van der Waals surface area contributed by atoms with Crippen LogP contribution in [0.1, 0.15) is 20.3 Å². The largest absolute Gasteiger partial charge is 0.461 e. The number of aliphatic hydroxyl groups is 1. The molecule has 108 valence electrons. The smallest absolute Gasteiger partial charge is 0.200 e. The van der Waals surface area contributed by atoms with Crippen LogP contribution in [-0.4, -0.2) is 31.2 Å². The van der Waals surface area contributed by atoms with Gasteiger partial charge >= 0.3 is 0 Å². The summed E-state index contributed by atoms with van der Waals surface area (Å²) in [6.07, 6.45) is 4.11. The number of aromatic nitrogens is 3. The van der Waals surface area contributed by atoms with Crippen molar-refractivity contribution in [2.75, 3.05) is 5.75 Å². The lowest BCUT2D eigenvalue weighted by atomic mass is 10.1. The Hall–Kier alpha value is -1.53. The van der Waals surface area contributed by atoms with Gasteiger partial charge in [-0.2, -0.15) is 0 Å². The van der Waals surface area contributed by atoms with Crippen LogP contribution in [0.5, 0.6) is 0 Å². The Labute approximate surface area is 122 Å². The average Bonchev–Trinajstić information content (AvgIpc) is 2.98. The van der Waals surface area contributed by atoms with Gasteiger partial charge in [-0.15, -0.1) is 16.8 Å². The fourth-order valence-corrected chi connectivity index (χ4v) is 2.87. The zero-order chi connectivity index (χ0) is 14.6. The number of rotatable bonds is 7. The summed E-state index contributed by atoms with van der Waals surface area (Å²) in [6, 6.07) is 3.68. The van der Waals surface area contributed by atoms with Gasteiger partial charge in [0.05, 0.1) is 11.9 Å². The van der Waals surface area contributed by atoms with Crippen LogP contribution in [0.3, 0.4) is 0 Å². The van der Waals surface area contributed by atoms with E-state index >= 15 is 0 Å². The van der Waals surface area contributed by atoms with Crippen molar-refractivity contribution in [1.82, 2.24) is 14.8 Å². The zero-order valence-corrected chi connectivity index (χ0v) is 12.6. The van der Waals surface area contributed by atoms with E-state index in [9.17, 15) is 5.11 Å². The molecule has 0 aliphatic carbocycles. The Morgan fingerprint density at radius 1 is 1.50 bits per heavy atom. The Morgan fingerprint density at radius 3 is 2.90 bits per heavy atom. The summed E-state index contributed by atoms with van der Waals surface area (Å²) < 4.78 is 7.33. The van der Waals surface area contributed by atoms with Crippen LogP contribution in [0.4, 0.5) is 0 Å². The third-order valence-corrected chi connectivity index (χ3v) is 3.68. The van der Waals surface area contributed by atoms with E-state index < -0.39 is 5.60 Å². The molecule has 0 saturated carbocycles. The first-order chi connectivity index (χ1) is 9.51. The zero-order valence-electron chi connectivity index (χ0n) is 11.7. The summed E-state index contributed by atoms with van der Waals surface area (Å²) >= 11 is 1.57. The van der Waals surface area contributed by atoms with Crippen LogP contribution < -0.4 is 0 Å². The Balaban J connectivity index is 2.15. The summed E-state index contributed by atoms with van der Waals surface area (Å²) in [5, 5.41) is 18.9. The molecule has 2 heterocycles. The van der Waals surface area contributed by atoms with Crippen LogP contribution in [0.25, 0.3) is 11.6 Å². The molecule has 2 aromatic rings. The van der Waals surface area contributed by atoms with Crippen molar-refractivity contribution >= 4 is 11.8 Å². The molecule has 1 N–H and O–H groups in total. The Morgan fingerprint density at radius 2 is 2.30 bits per heavy atom. The van der Waals surface area contributed by atoms with Gasteiger partial charge in [0.2, 0.25) is 5.82 Å². The first-order valence-electron chi connectivity index (χ1n) is 6.44. The highest BCUT2D eigenvalue weighted by Gasteiger charge is 2.17. The highest BCUT2D eigenvalue weighted by Crippen LogP contribution is 2.25. The second-order valence-corrected chi connectivity index (χ2v) is 6.16. The Bertz CT molecular complexity index is 555. The number of allylic oxidation sites excluding steroid dienone is 1. The molecule has 0 bridgehead atoms. The normalized spacial score (nSPS) is 11.8. The average molecular weight is 293 g/mol. The van der Waals surface area contributed by atoms with E-state index in [4.69, 9.17) is 4.42 Å². The monoisotopic (exact) mass is 293 g/mol. The SMILES string of the molecule is C=CCn1c(SCCC(C)(C)O)nnc1-c1ccco1.